The van der Waals surface area contributed by atoms with Gasteiger partial charge in [-0.2, -0.15) is 0 Å². The zero-order chi connectivity index (χ0) is 12.2. The van der Waals surface area contributed by atoms with E-state index in [1.54, 1.807) is 6.20 Å². The van der Waals surface area contributed by atoms with E-state index in [4.69, 9.17) is 4.74 Å². The number of ether oxygens (including phenoxy) is 1. The first-order chi connectivity index (χ1) is 7.45. The summed E-state index contributed by atoms with van der Waals surface area (Å²) in [4.78, 5) is 4.31. The van der Waals surface area contributed by atoms with Crippen LogP contribution in [0.25, 0.3) is 0 Å². The van der Waals surface area contributed by atoms with Crippen molar-refractivity contribution in [1.82, 2.24) is 4.98 Å². The number of pyridine rings is 1. The topological polar surface area (TPSA) is 34.1 Å². The van der Waals surface area contributed by atoms with E-state index in [9.17, 15) is 0 Å². The first kappa shape index (κ1) is 12.8. The van der Waals surface area contributed by atoms with E-state index in [-0.39, 0.29) is 5.41 Å². The summed E-state index contributed by atoms with van der Waals surface area (Å²) in [6.45, 7) is 11.4. The minimum absolute atomic E-state index is 0.195. The molecule has 0 spiro atoms. The van der Waals surface area contributed by atoms with E-state index in [0.717, 1.165) is 11.6 Å². The summed E-state index contributed by atoms with van der Waals surface area (Å²) >= 11 is 0. The number of aromatic nitrogens is 1. The highest BCUT2D eigenvalue weighted by Gasteiger charge is 2.21. The van der Waals surface area contributed by atoms with Crippen molar-refractivity contribution in [2.45, 2.75) is 40.7 Å². The van der Waals surface area contributed by atoms with Gasteiger partial charge in [0, 0.05) is 12.2 Å². The molecule has 3 nitrogen and oxygen atoms in total. The van der Waals surface area contributed by atoms with Crippen LogP contribution in [0.1, 0.15) is 34.6 Å². The highest BCUT2D eigenvalue weighted by molar-refractivity contribution is 5.50. The van der Waals surface area contributed by atoms with Crippen LogP contribution in [0.15, 0.2) is 18.3 Å². The second kappa shape index (κ2) is 5.19. The zero-order valence-corrected chi connectivity index (χ0v) is 10.9. The van der Waals surface area contributed by atoms with Crippen LogP contribution in [0.3, 0.4) is 0 Å². The number of anilines is 1. The molecule has 16 heavy (non-hydrogen) atoms. The molecule has 0 fully saturated rings. The second-order valence-electron chi connectivity index (χ2n) is 5.02. The lowest BCUT2D eigenvalue weighted by Gasteiger charge is -2.29. The van der Waals surface area contributed by atoms with Gasteiger partial charge in [0.15, 0.2) is 11.6 Å². The molecule has 90 valence electrons. The summed E-state index contributed by atoms with van der Waals surface area (Å²) in [5, 5.41) is 3.40. The Hall–Kier alpha value is -1.25. The molecule has 1 aromatic heterocycles. The first-order valence-electron chi connectivity index (χ1n) is 5.79. The number of nitrogens with one attached hydrogen (secondary N) is 1. The van der Waals surface area contributed by atoms with Gasteiger partial charge in [-0.3, -0.25) is 0 Å². The number of rotatable bonds is 4. The van der Waals surface area contributed by atoms with Crippen LogP contribution in [0.5, 0.6) is 5.75 Å². The largest absolute Gasteiger partial charge is 0.490 e. The molecule has 1 atom stereocenters. The molecule has 3 heteroatoms. The highest BCUT2D eigenvalue weighted by Crippen LogP contribution is 2.26. The molecule has 1 N–H and O–H groups in total. The molecule has 0 saturated carbocycles. The van der Waals surface area contributed by atoms with Crippen LogP contribution in [0.2, 0.25) is 0 Å². The number of hydrogen-bond donors (Lipinski definition) is 1. The Morgan fingerprint density at radius 1 is 1.44 bits per heavy atom. The van der Waals surface area contributed by atoms with Gasteiger partial charge in [-0.05, 0) is 31.4 Å². The summed E-state index contributed by atoms with van der Waals surface area (Å²) in [6, 6.07) is 4.16. The maximum Gasteiger partial charge on any atom is 0.168 e. The molecular formula is C13H22N2O. The van der Waals surface area contributed by atoms with Crippen LogP contribution < -0.4 is 10.1 Å². The molecule has 1 unspecified atom stereocenters. The lowest BCUT2D eigenvalue weighted by Crippen LogP contribution is -2.31. The highest BCUT2D eigenvalue weighted by atomic mass is 16.5. The van der Waals surface area contributed by atoms with Crippen molar-refractivity contribution in [2.75, 3.05) is 11.9 Å². The minimum Gasteiger partial charge on any atom is -0.490 e. The molecule has 0 aliphatic carbocycles. The van der Waals surface area contributed by atoms with E-state index in [1.165, 1.54) is 0 Å². The molecule has 0 aliphatic heterocycles. The van der Waals surface area contributed by atoms with E-state index < -0.39 is 0 Å². The van der Waals surface area contributed by atoms with E-state index in [1.807, 2.05) is 19.1 Å². The van der Waals surface area contributed by atoms with Gasteiger partial charge < -0.3 is 10.1 Å². The number of nitrogens with zero attached hydrogens (tertiary/aromatic N) is 1. The van der Waals surface area contributed by atoms with Crippen LogP contribution in [0.4, 0.5) is 5.82 Å². The van der Waals surface area contributed by atoms with Crippen molar-refractivity contribution < 1.29 is 4.74 Å². The zero-order valence-electron chi connectivity index (χ0n) is 10.9. The SMILES string of the molecule is CCOc1cccnc1NC(C)C(C)(C)C. The minimum atomic E-state index is 0.195. The lowest BCUT2D eigenvalue weighted by atomic mass is 9.88. The van der Waals surface area contributed by atoms with E-state index in [2.05, 4.69) is 38.0 Å². The van der Waals surface area contributed by atoms with Crippen LogP contribution in [0, 0.1) is 5.41 Å². The van der Waals surface area contributed by atoms with Gasteiger partial charge in [0.05, 0.1) is 6.61 Å². The average molecular weight is 222 g/mol. The predicted octanol–water partition coefficient (Wildman–Crippen LogP) is 3.33. The number of hydrogen-bond acceptors (Lipinski definition) is 3. The monoisotopic (exact) mass is 222 g/mol. The second-order valence-corrected chi connectivity index (χ2v) is 5.02. The maximum absolute atomic E-state index is 5.53. The molecule has 0 saturated heterocycles. The molecule has 1 aromatic rings. The van der Waals surface area contributed by atoms with Crippen molar-refractivity contribution in [3.05, 3.63) is 18.3 Å². The smallest absolute Gasteiger partial charge is 0.168 e. The Morgan fingerprint density at radius 3 is 2.69 bits per heavy atom. The van der Waals surface area contributed by atoms with Gasteiger partial charge in [-0.25, -0.2) is 4.98 Å². The van der Waals surface area contributed by atoms with E-state index >= 15 is 0 Å². The Bertz CT molecular complexity index is 331. The summed E-state index contributed by atoms with van der Waals surface area (Å²) < 4.78 is 5.53. The van der Waals surface area contributed by atoms with Crippen molar-refractivity contribution in [1.29, 1.82) is 0 Å². The van der Waals surface area contributed by atoms with Gasteiger partial charge in [0.25, 0.3) is 0 Å². The van der Waals surface area contributed by atoms with Gasteiger partial charge in [-0.1, -0.05) is 20.8 Å². The van der Waals surface area contributed by atoms with Crippen molar-refractivity contribution >= 4 is 5.82 Å². The van der Waals surface area contributed by atoms with Gasteiger partial charge in [-0.15, -0.1) is 0 Å². The fourth-order valence-corrected chi connectivity index (χ4v) is 1.19. The Labute approximate surface area is 98.2 Å². The Morgan fingerprint density at radius 2 is 2.12 bits per heavy atom. The predicted molar refractivity (Wildman–Crippen MR) is 67.9 cm³/mol. The van der Waals surface area contributed by atoms with Gasteiger partial charge in [0.1, 0.15) is 0 Å². The molecule has 1 heterocycles. The third-order valence-electron chi connectivity index (χ3n) is 2.72. The van der Waals surface area contributed by atoms with Crippen molar-refractivity contribution in [3.63, 3.8) is 0 Å². The van der Waals surface area contributed by atoms with Gasteiger partial charge >= 0.3 is 0 Å². The van der Waals surface area contributed by atoms with Gasteiger partial charge in [0.2, 0.25) is 0 Å². The summed E-state index contributed by atoms with van der Waals surface area (Å²) in [5.74, 6) is 1.65. The normalized spacial score (nSPS) is 13.3. The van der Waals surface area contributed by atoms with Crippen molar-refractivity contribution in [3.8, 4) is 5.75 Å². The van der Waals surface area contributed by atoms with Crippen LogP contribution >= 0.6 is 0 Å². The molecule has 0 amide bonds. The molecule has 0 radical (unpaired) electrons. The van der Waals surface area contributed by atoms with Crippen LogP contribution in [-0.4, -0.2) is 17.6 Å². The summed E-state index contributed by atoms with van der Waals surface area (Å²) in [6.07, 6.45) is 1.78. The molecule has 0 bridgehead atoms. The Balaban J connectivity index is 2.80. The van der Waals surface area contributed by atoms with Crippen LogP contribution in [-0.2, 0) is 0 Å². The molecule has 1 rings (SSSR count). The fourth-order valence-electron chi connectivity index (χ4n) is 1.19. The van der Waals surface area contributed by atoms with E-state index in [0.29, 0.717) is 12.6 Å². The first-order valence-corrected chi connectivity index (χ1v) is 5.79. The lowest BCUT2D eigenvalue weighted by molar-refractivity contribution is 0.334. The molecule has 0 aromatic carbocycles. The molecular weight excluding hydrogens is 200 g/mol. The average Bonchev–Trinajstić information content (AvgIpc) is 2.20. The Kier molecular flexibility index (Phi) is 4.16. The third kappa shape index (κ3) is 3.40. The summed E-state index contributed by atoms with van der Waals surface area (Å²) in [7, 11) is 0. The quantitative estimate of drug-likeness (QED) is 0.848. The third-order valence-corrected chi connectivity index (χ3v) is 2.72. The molecule has 0 aliphatic rings. The summed E-state index contributed by atoms with van der Waals surface area (Å²) in [5.41, 5.74) is 0.195. The fraction of sp³-hybridized carbons (Fsp3) is 0.615. The standard InChI is InChI=1S/C13H22N2O/c1-6-16-11-8-7-9-14-12(11)15-10(2)13(3,4)5/h7-10H,6H2,1-5H3,(H,14,15). The van der Waals surface area contributed by atoms with Crippen molar-refractivity contribution in [2.24, 2.45) is 5.41 Å². The maximum atomic E-state index is 5.53.